The van der Waals surface area contributed by atoms with Crippen molar-refractivity contribution in [2.75, 3.05) is 32.6 Å². The fourth-order valence-corrected chi connectivity index (χ4v) is 5.86. The molecule has 148 valence electrons. The van der Waals surface area contributed by atoms with Crippen LogP contribution >= 0.6 is 27.7 Å². The molecule has 6 heteroatoms. The fourth-order valence-electron chi connectivity index (χ4n) is 4.21. The predicted molar refractivity (Wildman–Crippen MR) is 116 cm³/mol. The molecule has 2 saturated heterocycles. The summed E-state index contributed by atoms with van der Waals surface area (Å²) in [5.41, 5.74) is 1.63. The van der Waals surface area contributed by atoms with Gasteiger partial charge in [0.1, 0.15) is 11.1 Å². The van der Waals surface area contributed by atoms with Crippen LogP contribution in [-0.2, 0) is 14.9 Å². The normalized spacial score (nSPS) is 21.5. The van der Waals surface area contributed by atoms with E-state index >= 15 is 0 Å². The summed E-state index contributed by atoms with van der Waals surface area (Å²) in [6.45, 7) is 1.98. The molecule has 0 saturated carbocycles. The number of halogens is 1. The summed E-state index contributed by atoms with van der Waals surface area (Å²) in [6.07, 6.45) is 1.44. The van der Waals surface area contributed by atoms with Crippen LogP contribution in [0.3, 0.4) is 0 Å². The molecule has 1 unspecified atom stereocenters. The highest BCUT2D eigenvalue weighted by atomic mass is 79.9. The molecule has 0 aromatic heterocycles. The van der Waals surface area contributed by atoms with Crippen molar-refractivity contribution < 1.29 is 14.3 Å². The Morgan fingerprint density at radius 2 is 1.96 bits per heavy atom. The van der Waals surface area contributed by atoms with Gasteiger partial charge in [-0.25, -0.2) is 0 Å². The lowest BCUT2D eigenvalue weighted by Crippen LogP contribution is -2.49. The highest BCUT2D eigenvalue weighted by Crippen LogP contribution is 2.46. The number of hydrogen-bond donors (Lipinski definition) is 0. The summed E-state index contributed by atoms with van der Waals surface area (Å²) in [5, 5.41) is -0.0385. The summed E-state index contributed by atoms with van der Waals surface area (Å²) in [6, 6.07) is 16.2. The first kappa shape index (κ1) is 19.8. The van der Waals surface area contributed by atoms with E-state index in [0.717, 1.165) is 46.5 Å². The molecule has 2 heterocycles. The van der Waals surface area contributed by atoms with E-state index in [9.17, 15) is 4.79 Å². The minimum atomic E-state index is -0.512. The molecule has 2 aromatic carbocycles. The predicted octanol–water partition coefficient (Wildman–Crippen LogP) is 4.78. The molecule has 28 heavy (non-hydrogen) atoms. The lowest BCUT2D eigenvalue weighted by atomic mass is 9.73. The van der Waals surface area contributed by atoms with Crippen LogP contribution in [0, 0.1) is 0 Å². The number of carbonyl (C=O) groups is 1. The topological polar surface area (TPSA) is 38.8 Å². The smallest absolute Gasteiger partial charge is 0.234 e. The van der Waals surface area contributed by atoms with Gasteiger partial charge in [-0.1, -0.05) is 46.3 Å². The molecule has 2 aliphatic heterocycles. The van der Waals surface area contributed by atoms with E-state index in [-0.39, 0.29) is 11.3 Å². The zero-order chi connectivity index (χ0) is 19.6. The minimum Gasteiger partial charge on any atom is -0.496 e. The second kappa shape index (κ2) is 8.47. The molecule has 2 fully saturated rings. The third-order valence-corrected chi connectivity index (χ3v) is 7.43. The first-order valence-electron chi connectivity index (χ1n) is 9.55. The van der Waals surface area contributed by atoms with E-state index in [4.69, 9.17) is 9.47 Å². The highest BCUT2D eigenvalue weighted by molar-refractivity contribution is 9.10. The van der Waals surface area contributed by atoms with Crippen molar-refractivity contribution >= 4 is 33.6 Å². The molecule has 0 aliphatic carbocycles. The maximum atomic E-state index is 14.0. The molecular weight excluding hydrogens is 438 g/mol. The Morgan fingerprint density at radius 3 is 2.68 bits per heavy atom. The number of amides is 1. The van der Waals surface area contributed by atoms with E-state index in [0.29, 0.717) is 13.2 Å². The highest BCUT2D eigenvalue weighted by Gasteiger charge is 2.47. The van der Waals surface area contributed by atoms with Crippen LogP contribution in [0.1, 0.15) is 29.3 Å². The number of ether oxygens (including phenoxy) is 2. The average Bonchev–Trinajstić information content (AvgIpc) is 3.24. The van der Waals surface area contributed by atoms with Gasteiger partial charge in [0, 0.05) is 35.5 Å². The molecule has 2 aromatic rings. The lowest BCUT2D eigenvalue weighted by Gasteiger charge is -2.40. The van der Waals surface area contributed by atoms with E-state index in [2.05, 4.69) is 34.1 Å². The zero-order valence-electron chi connectivity index (χ0n) is 15.9. The standard InChI is InChI=1S/C22H24BrNO3S/c1-26-19-8-7-17(23)15-18(19)20-24(11-14-28-20)21(25)22(9-12-27-13-10-22)16-5-3-2-4-6-16/h2-8,15,20H,9-14H2,1H3. The van der Waals surface area contributed by atoms with Crippen molar-refractivity contribution in [1.82, 2.24) is 4.90 Å². The molecule has 1 atom stereocenters. The number of rotatable bonds is 4. The van der Waals surface area contributed by atoms with Crippen LogP contribution in [0.5, 0.6) is 5.75 Å². The maximum absolute atomic E-state index is 14.0. The summed E-state index contributed by atoms with van der Waals surface area (Å²) in [4.78, 5) is 16.0. The Hall–Kier alpha value is -1.50. The van der Waals surface area contributed by atoms with Gasteiger partial charge >= 0.3 is 0 Å². The fraction of sp³-hybridized carbons (Fsp3) is 0.409. The quantitative estimate of drug-likeness (QED) is 0.656. The Balaban J connectivity index is 1.72. The minimum absolute atomic E-state index is 0.0385. The SMILES string of the molecule is COc1ccc(Br)cc1C1SCCN1C(=O)C1(c2ccccc2)CCOCC1. The summed E-state index contributed by atoms with van der Waals surface area (Å²) >= 11 is 5.37. The van der Waals surface area contributed by atoms with E-state index < -0.39 is 5.41 Å². The summed E-state index contributed by atoms with van der Waals surface area (Å²) in [5.74, 6) is 1.95. The van der Waals surface area contributed by atoms with Crippen LogP contribution in [-0.4, -0.2) is 43.4 Å². The second-order valence-electron chi connectivity index (χ2n) is 7.17. The van der Waals surface area contributed by atoms with E-state index in [1.807, 2.05) is 35.2 Å². The van der Waals surface area contributed by atoms with Gasteiger partial charge < -0.3 is 14.4 Å². The maximum Gasteiger partial charge on any atom is 0.234 e. The molecular formula is C22H24BrNO3S. The number of benzene rings is 2. The van der Waals surface area contributed by atoms with Gasteiger partial charge in [0.2, 0.25) is 5.91 Å². The molecule has 4 rings (SSSR count). The van der Waals surface area contributed by atoms with Gasteiger partial charge in [0.15, 0.2) is 0 Å². The van der Waals surface area contributed by atoms with Crippen molar-refractivity contribution in [2.24, 2.45) is 0 Å². The Labute approximate surface area is 178 Å². The Bertz CT molecular complexity index is 839. The van der Waals surface area contributed by atoms with Gasteiger partial charge in [-0.2, -0.15) is 0 Å². The van der Waals surface area contributed by atoms with Crippen molar-refractivity contribution in [2.45, 2.75) is 23.6 Å². The van der Waals surface area contributed by atoms with Crippen LogP contribution in [0.15, 0.2) is 53.0 Å². The second-order valence-corrected chi connectivity index (χ2v) is 9.27. The Morgan fingerprint density at radius 1 is 1.21 bits per heavy atom. The number of carbonyl (C=O) groups excluding carboxylic acids is 1. The first-order valence-corrected chi connectivity index (χ1v) is 11.4. The van der Waals surface area contributed by atoms with Gasteiger partial charge in [-0.15, -0.1) is 11.8 Å². The zero-order valence-corrected chi connectivity index (χ0v) is 18.3. The third-order valence-electron chi connectivity index (χ3n) is 5.69. The molecule has 0 bridgehead atoms. The van der Waals surface area contributed by atoms with Gasteiger partial charge in [-0.3, -0.25) is 4.79 Å². The average molecular weight is 462 g/mol. The van der Waals surface area contributed by atoms with Gasteiger partial charge in [-0.05, 0) is 36.6 Å². The number of methoxy groups -OCH3 is 1. The van der Waals surface area contributed by atoms with Crippen LogP contribution < -0.4 is 4.74 Å². The van der Waals surface area contributed by atoms with Crippen LogP contribution in [0.2, 0.25) is 0 Å². The summed E-state index contributed by atoms with van der Waals surface area (Å²) < 4.78 is 12.2. The van der Waals surface area contributed by atoms with Gasteiger partial charge in [0.05, 0.1) is 12.5 Å². The van der Waals surface area contributed by atoms with Crippen LogP contribution in [0.25, 0.3) is 0 Å². The molecule has 0 spiro atoms. The summed E-state index contributed by atoms with van der Waals surface area (Å²) in [7, 11) is 1.68. The molecule has 2 aliphatic rings. The largest absolute Gasteiger partial charge is 0.496 e. The van der Waals surface area contributed by atoms with Crippen LogP contribution in [0.4, 0.5) is 0 Å². The lowest BCUT2D eigenvalue weighted by molar-refractivity contribution is -0.141. The number of hydrogen-bond acceptors (Lipinski definition) is 4. The van der Waals surface area contributed by atoms with Crippen molar-refractivity contribution in [1.29, 1.82) is 0 Å². The van der Waals surface area contributed by atoms with Gasteiger partial charge in [0.25, 0.3) is 0 Å². The number of nitrogens with zero attached hydrogens (tertiary/aromatic N) is 1. The molecule has 4 nitrogen and oxygen atoms in total. The monoisotopic (exact) mass is 461 g/mol. The first-order chi connectivity index (χ1) is 13.7. The molecule has 0 N–H and O–H groups in total. The van der Waals surface area contributed by atoms with Crippen molar-refractivity contribution in [3.05, 3.63) is 64.1 Å². The Kier molecular flexibility index (Phi) is 5.99. The van der Waals surface area contributed by atoms with E-state index in [1.54, 1.807) is 18.9 Å². The van der Waals surface area contributed by atoms with Crippen molar-refractivity contribution in [3.63, 3.8) is 0 Å². The third kappa shape index (κ3) is 3.58. The van der Waals surface area contributed by atoms with Crippen molar-refractivity contribution in [3.8, 4) is 5.75 Å². The van der Waals surface area contributed by atoms with E-state index in [1.165, 1.54) is 0 Å². The number of thioether (sulfide) groups is 1. The molecule has 0 radical (unpaired) electrons. The molecule has 1 amide bonds.